The molecule has 0 fully saturated rings. The number of anilines is 1. The largest absolute Gasteiger partial charge is 0.441 e. The van der Waals surface area contributed by atoms with E-state index in [1.54, 1.807) is 0 Å². The molecule has 5 nitrogen and oxygen atoms in total. The first-order valence-electron chi connectivity index (χ1n) is 7.65. The van der Waals surface area contributed by atoms with E-state index in [0.717, 1.165) is 28.8 Å². The third-order valence-electron chi connectivity index (χ3n) is 3.70. The minimum atomic E-state index is -0.479. The summed E-state index contributed by atoms with van der Waals surface area (Å²) >= 11 is 0. The average Bonchev–Trinajstić information content (AvgIpc) is 2.97. The molecular formula is C18H19N3O2. The monoisotopic (exact) mass is 309 g/mol. The van der Waals surface area contributed by atoms with Crippen molar-refractivity contribution in [1.29, 1.82) is 0 Å². The fourth-order valence-electron chi connectivity index (χ4n) is 2.49. The van der Waals surface area contributed by atoms with Crippen LogP contribution in [0.15, 0.2) is 52.9 Å². The Labute approximate surface area is 134 Å². The van der Waals surface area contributed by atoms with Gasteiger partial charge in [-0.3, -0.25) is 4.79 Å². The quantitative estimate of drug-likeness (QED) is 0.733. The second kappa shape index (κ2) is 6.52. The fraction of sp³-hybridized carbons (Fsp3) is 0.222. The van der Waals surface area contributed by atoms with Crippen molar-refractivity contribution >= 4 is 22.7 Å². The Bertz CT molecular complexity index is 812. The summed E-state index contributed by atoms with van der Waals surface area (Å²) in [5.41, 5.74) is 8.90. The summed E-state index contributed by atoms with van der Waals surface area (Å²) in [6, 6.07) is 14.9. The Morgan fingerprint density at radius 2 is 2.04 bits per heavy atom. The second-order valence-electron chi connectivity index (χ2n) is 5.43. The van der Waals surface area contributed by atoms with E-state index in [-0.39, 0.29) is 5.91 Å². The molecular weight excluding hydrogens is 290 g/mol. The maximum absolute atomic E-state index is 11.7. The number of oxazole rings is 1. The van der Waals surface area contributed by atoms with Gasteiger partial charge in [-0.15, -0.1) is 0 Å². The maximum Gasteiger partial charge on any atom is 0.240 e. The summed E-state index contributed by atoms with van der Waals surface area (Å²) in [5, 5.41) is 3.19. The number of nitrogens with zero attached hydrogens (tertiary/aromatic N) is 1. The van der Waals surface area contributed by atoms with Crippen molar-refractivity contribution in [2.45, 2.75) is 25.8 Å². The van der Waals surface area contributed by atoms with Crippen LogP contribution in [0.4, 0.5) is 5.69 Å². The van der Waals surface area contributed by atoms with E-state index in [1.165, 1.54) is 0 Å². The first-order valence-corrected chi connectivity index (χ1v) is 7.65. The lowest BCUT2D eigenvalue weighted by atomic mass is 10.1. The van der Waals surface area contributed by atoms with Gasteiger partial charge in [0, 0.05) is 18.5 Å². The Morgan fingerprint density at radius 1 is 1.26 bits per heavy atom. The van der Waals surface area contributed by atoms with Gasteiger partial charge in [0.2, 0.25) is 5.91 Å². The van der Waals surface area contributed by atoms with Gasteiger partial charge in [0.25, 0.3) is 0 Å². The molecule has 5 heteroatoms. The zero-order valence-electron chi connectivity index (χ0n) is 13.0. The van der Waals surface area contributed by atoms with Gasteiger partial charge in [0.15, 0.2) is 11.5 Å². The first kappa shape index (κ1) is 15.1. The third kappa shape index (κ3) is 3.51. The lowest BCUT2D eigenvalue weighted by Gasteiger charge is -2.16. The standard InChI is InChI=1S/C18H19N3O2/c1-2-17-21-14-11-13(8-9-16(14)23-17)20-15(18(19)22)10-12-6-4-3-5-7-12/h3-9,11,15,20H,2,10H2,1H3,(H2,19,22)/t15-/m1/s1. The normalized spacial score (nSPS) is 12.2. The number of benzene rings is 2. The van der Waals surface area contributed by atoms with Gasteiger partial charge in [-0.05, 0) is 23.8 Å². The number of hydrogen-bond acceptors (Lipinski definition) is 4. The van der Waals surface area contributed by atoms with Gasteiger partial charge in [0.05, 0.1) is 0 Å². The van der Waals surface area contributed by atoms with E-state index < -0.39 is 6.04 Å². The van der Waals surface area contributed by atoms with Crippen molar-refractivity contribution < 1.29 is 9.21 Å². The zero-order chi connectivity index (χ0) is 16.2. The van der Waals surface area contributed by atoms with Crippen LogP contribution in [0.1, 0.15) is 18.4 Å². The van der Waals surface area contributed by atoms with Crippen LogP contribution in [0.3, 0.4) is 0 Å². The molecule has 2 aromatic carbocycles. The minimum Gasteiger partial charge on any atom is -0.441 e. The number of amides is 1. The van der Waals surface area contributed by atoms with Crippen molar-refractivity contribution in [3.05, 3.63) is 60.0 Å². The van der Waals surface area contributed by atoms with E-state index in [1.807, 2.05) is 55.5 Å². The summed E-state index contributed by atoms with van der Waals surface area (Å²) < 4.78 is 5.59. The van der Waals surface area contributed by atoms with Crippen molar-refractivity contribution in [2.75, 3.05) is 5.32 Å². The molecule has 0 unspecified atom stereocenters. The predicted octanol–water partition coefficient (Wildman–Crippen LogP) is 2.90. The topological polar surface area (TPSA) is 81.1 Å². The summed E-state index contributed by atoms with van der Waals surface area (Å²) in [6.45, 7) is 1.99. The molecule has 3 rings (SSSR count). The van der Waals surface area contributed by atoms with E-state index in [9.17, 15) is 4.79 Å². The minimum absolute atomic E-state index is 0.386. The van der Waals surface area contributed by atoms with Gasteiger partial charge >= 0.3 is 0 Å². The Kier molecular flexibility index (Phi) is 4.28. The Balaban J connectivity index is 1.80. The molecule has 23 heavy (non-hydrogen) atoms. The highest BCUT2D eigenvalue weighted by Gasteiger charge is 2.16. The summed E-state index contributed by atoms with van der Waals surface area (Å²) in [5.74, 6) is 0.316. The number of aromatic nitrogens is 1. The molecule has 0 aliphatic carbocycles. The molecule has 0 aliphatic heterocycles. The number of fused-ring (bicyclic) bond motifs is 1. The van der Waals surface area contributed by atoms with Gasteiger partial charge in [-0.1, -0.05) is 37.3 Å². The molecule has 0 radical (unpaired) electrons. The van der Waals surface area contributed by atoms with Crippen LogP contribution in [0.25, 0.3) is 11.1 Å². The first-order chi connectivity index (χ1) is 11.2. The number of nitrogens with two attached hydrogens (primary N) is 1. The van der Waals surface area contributed by atoms with Gasteiger partial charge in [-0.25, -0.2) is 4.98 Å². The zero-order valence-corrected chi connectivity index (χ0v) is 13.0. The van der Waals surface area contributed by atoms with Crippen LogP contribution in [0.5, 0.6) is 0 Å². The second-order valence-corrected chi connectivity index (χ2v) is 5.43. The van der Waals surface area contributed by atoms with E-state index >= 15 is 0 Å². The van der Waals surface area contributed by atoms with E-state index in [0.29, 0.717) is 12.3 Å². The number of primary amides is 1. The van der Waals surface area contributed by atoms with Crippen molar-refractivity contribution in [3.8, 4) is 0 Å². The number of aryl methyl sites for hydroxylation is 1. The Morgan fingerprint density at radius 3 is 2.74 bits per heavy atom. The van der Waals surface area contributed by atoms with Crippen LogP contribution < -0.4 is 11.1 Å². The van der Waals surface area contributed by atoms with Crippen LogP contribution in [-0.4, -0.2) is 16.9 Å². The molecule has 1 aromatic heterocycles. The summed E-state index contributed by atoms with van der Waals surface area (Å²) in [4.78, 5) is 16.2. The van der Waals surface area contributed by atoms with Crippen molar-refractivity contribution in [2.24, 2.45) is 5.73 Å². The summed E-state index contributed by atoms with van der Waals surface area (Å²) in [6.07, 6.45) is 1.28. The van der Waals surface area contributed by atoms with Gasteiger partial charge < -0.3 is 15.5 Å². The number of carbonyl (C=O) groups excluding carboxylic acids is 1. The molecule has 0 saturated carbocycles. The molecule has 3 N–H and O–H groups in total. The molecule has 0 spiro atoms. The molecule has 1 heterocycles. The maximum atomic E-state index is 11.7. The van der Waals surface area contributed by atoms with Gasteiger partial charge in [0.1, 0.15) is 11.6 Å². The summed E-state index contributed by atoms with van der Waals surface area (Å²) in [7, 11) is 0. The molecule has 0 aliphatic rings. The predicted molar refractivity (Wildman–Crippen MR) is 90.1 cm³/mol. The highest BCUT2D eigenvalue weighted by Crippen LogP contribution is 2.21. The molecule has 1 atom stereocenters. The van der Waals surface area contributed by atoms with Crippen LogP contribution >= 0.6 is 0 Å². The highest BCUT2D eigenvalue weighted by atomic mass is 16.3. The number of nitrogens with one attached hydrogen (secondary N) is 1. The van der Waals surface area contributed by atoms with Gasteiger partial charge in [-0.2, -0.15) is 0 Å². The third-order valence-corrected chi connectivity index (χ3v) is 3.70. The highest BCUT2D eigenvalue weighted by molar-refractivity contribution is 5.85. The lowest BCUT2D eigenvalue weighted by molar-refractivity contribution is -0.118. The number of carbonyl (C=O) groups is 1. The fourth-order valence-corrected chi connectivity index (χ4v) is 2.49. The van der Waals surface area contributed by atoms with Crippen LogP contribution in [-0.2, 0) is 17.6 Å². The Hall–Kier alpha value is -2.82. The molecule has 1 amide bonds. The lowest BCUT2D eigenvalue weighted by Crippen LogP contribution is -2.37. The van der Waals surface area contributed by atoms with Crippen molar-refractivity contribution in [3.63, 3.8) is 0 Å². The molecule has 118 valence electrons. The molecule has 0 saturated heterocycles. The van der Waals surface area contributed by atoms with E-state index in [4.69, 9.17) is 10.2 Å². The SMILES string of the molecule is CCc1nc2cc(N[C@H](Cc3ccccc3)C(N)=O)ccc2o1. The number of hydrogen-bond donors (Lipinski definition) is 2. The van der Waals surface area contributed by atoms with Crippen LogP contribution in [0.2, 0.25) is 0 Å². The smallest absolute Gasteiger partial charge is 0.240 e. The number of rotatable bonds is 6. The molecule has 3 aromatic rings. The van der Waals surface area contributed by atoms with E-state index in [2.05, 4.69) is 10.3 Å². The average molecular weight is 309 g/mol. The molecule has 0 bridgehead atoms. The van der Waals surface area contributed by atoms with Crippen LogP contribution in [0, 0.1) is 0 Å². The van der Waals surface area contributed by atoms with Crippen molar-refractivity contribution in [1.82, 2.24) is 4.98 Å².